The van der Waals surface area contributed by atoms with Gasteiger partial charge in [0.2, 0.25) is 0 Å². The lowest BCUT2D eigenvalue weighted by atomic mass is 10.0. The summed E-state index contributed by atoms with van der Waals surface area (Å²) in [5, 5.41) is 0.762. The number of carbonyl (C=O) groups excluding carboxylic acids is 1. The van der Waals surface area contributed by atoms with E-state index in [1.54, 1.807) is 6.07 Å². The van der Waals surface area contributed by atoms with E-state index in [0.717, 1.165) is 43.4 Å². The van der Waals surface area contributed by atoms with Crippen molar-refractivity contribution in [2.75, 3.05) is 26.2 Å². The van der Waals surface area contributed by atoms with Gasteiger partial charge in [-0.25, -0.2) is 0 Å². The van der Waals surface area contributed by atoms with E-state index in [1.807, 2.05) is 30.0 Å². The van der Waals surface area contributed by atoms with Crippen molar-refractivity contribution in [3.63, 3.8) is 0 Å². The Kier molecular flexibility index (Phi) is 5.27. The Hall–Kier alpha value is -1.78. The molecule has 1 unspecified atom stereocenters. The first kappa shape index (κ1) is 17.1. The fraction of sp³-hybridized carbons (Fsp3) is 0.421. The summed E-state index contributed by atoms with van der Waals surface area (Å²) in [5.41, 5.74) is 1.28. The number of hydrogen-bond acceptors (Lipinski definition) is 3. The zero-order valence-electron chi connectivity index (χ0n) is 14.2. The van der Waals surface area contributed by atoms with Crippen LogP contribution in [0.3, 0.4) is 0 Å². The highest BCUT2D eigenvalue weighted by Gasteiger charge is 2.27. The van der Waals surface area contributed by atoms with Gasteiger partial charge in [-0.3, -0.25) is 9.69 Å². The lowest BCUT2D eigenvalue weighted by Crippen LogP contribution is -2.49. The van der Waals surface area contributed by atoms with Crippen LogP contribution in [0.4, 0.5) is 0 Å². The molecule has 128 valence electrons. The van der Waals surface area contributed by atoms with Gasteiger partial charge < -0.3 is 9.32 Å². The Balaban J connectivity index is 1.63. The smallest absolute Gasteiger partial charge is 0.289 e. The van der Waals surface area contributed by atoms with Crippen molar-refractivity contribution in [2.24, 2.45) is 0 Å². The molecule has 24 heavy (non-hydrogen) atoms. The van der Waals surface area contributed by atoms with E-state index < -0.39 is 0 Å². The molecule has 1 fully saturated rings. The second kappa shape index (κ2) is 7.41. The molecule has 0 radical (unpaired) electrons. The molecule has 1 aromatic carbocycles. The Morgan fingerprint density at radius 1 is 1.12 bits per heavy atom. The number of piperazine rings is 1. The molecular formula is C19H23ClN2O2. The van der Waals surface area contributed by atoms with Gasteiger partial charge in [-0.1, -0.05) is 30.7 Å². The maximum atomic E-state index is 12.5. The van der Waals surface area contributed by atoms with E-state index in [2.05, 4.69) is 24.0 Å². The Morgan fingerprint density at radius 3 is 2.33 bits per heavy atom. The molecule has 1 aliphatic rings. The number of hydrogen-bond donors (Lipinski definition) is 0. The maximum Gasteiger partial charge on any atom is 0.289 e. The van der Waals surface area contributed by atoms with Crippen LogP contribution in [-0.2, 0) is 0 Å². The summed E-state index contributed by atoms with van der Waals surface area (Å²) in [6.07, 6.45) is 1.03. The summed E-state index contributed by atoms with van der Waals surface area (Å²) < 4.78 is 5.46. The van der Waals surface area contributed by atoms with Crippen molar-refractivity contribution in [3.05, 3.63) is 58.5 Å². The molecule has 1 saturated heterocycles. The van der Waals surface area contributed by atoms with Gasteiger partial charge >= 0.3 is 0 Å². The van der Waals surface area contributed by atoms with Gasteiger partial charge in [0.1, 0.15) is 5.76 Å². The molecule has 0 aliphatic carbocycles. The van der Waals surface area contributed by atoms with Crippen LogP contribution in [0.5, 0.6) is 0 Å². The lowest BCUT2D eigenvalue weighted by Gasteiger charge is -2.39. The molecule has 1 amide bonds. The molecule has 4 nitrogen and oxygen atoms in total. The summed E-state index contributed by atoms with van der Waals surface area (Å²) in [6.45, 7) is 7.24. The quantitative estimate of drug-likeness (QED) is 0.834. The van der Waals surface area contributed by atoms with Gasteiger partial charge in [0, 0.05) is 37.2 Å². The van der Waals surface area contributed by atoms with Crippen LogP contribution < -0.4 is 0 Å². The van der Waals surface area contributed by atoms with Gasteiger partial charge in [-0.15, -0.1) is 0 Å². The number of nitrogens with zero attached hydrogens (tertiary/aromatic N) is 2. The van der Waals surface area contributed by atoms with Crippen molar-refractivity contribution in [1.82, 2.24) is 9.80 Å². The molecule has 3 rings (SSSR count). The van der Waals surface area contributed by atoms with Gasteiger partial charge in [-0.2, -0.15) is 0 Å². The minimum absolute atomic E-state index is 0.0118. The SMILES string of the molecule is CCC(c1ccc(Cl)cc1)N1CCN(C(=O)c2ccc(C)o2)CC1. The predicted molar refractivity (Wildman–Crippen MR) is 95.4 cm³/mol. The van der Waals surface area contributed by atoms with Crippen LogP contribution in [0, 0.1) is 6.92 Å². The summed E-state index contributed by atoms with van der Waals surface area (Å²) >= 11 is 5.99. The molecule has 0 spiro atoms. The molecule has 2 aromatic rings. The average molecular weight is 347 g/mol. The minimum Gasteiger partial charge on any atom is -0.456 e. The monoisotopic (exact) mass is 346 g/mol. The van der Waals surface area contributed by atoms with E-state index in [0.29, 0.717) is 11.8 Å². The summed E-state index contributed by atoms with van der Waals surface area (Å²) in [4.78, 5) is 16.8. The van der Waals surface area contributed by atoms with E-state index >= 15 is 0 Å². The summed E-state index contributed by atoms with van der Waals surface area (Å²) in [5.74, 6) is 1.19. The topological polar surface area (TPSA) is 36.7 Å². The molecule has 0 saturated carbocycles. The molecule has 1 atom stereocenters. The Labute approximate surface area is 148 Å². The van der Waals surface area contributed by atoms with Crippen molar-refractivity contribution in [3.8, 4) is 0 Å². The summed E-state index contributed by atoms with van der Waals surface area (Å²) in [7, 11) is 0. The van der Waals surface area contributed by atoms with Gasteiger partial charge in [-0.05, 0) is 43.2 Å². The highest BCUT2D eigenvalue weighted by Crippen LogP contribution is 2.26. The third-order valence-corrected chi connectivity index (χ3v) is 4.89. The zero-order chi connectivity index (χ0) is 17.1. The highest BCUT2D eigenvalue weighted by molar-refractivity contribution is 6.30. The van der Waals surface area contributed by atoms with Crippen molar-refractivity contribution < 1.29 is 9.21 Å². The second-order valence-electron chi connectivity index (χ2n) is 6.21. The lowest BCUT2D eigenvalue weighted by molar-refractivity contribution is 0.0533. The number of halogens is 1. The first-order valence-corrected chi connectivity index (χ1v) is 8.81. The Morgan fingerprint density at radius 2 is 1.79 bits per heavy atom. The van der Waals surface area contributed by atoms with Crippen LogP contribution in [-0.4, -0.2) is 41.9 Å². The molecule has 5 heteroatoms. The average Bonchev–Trinajstić information content (AvgIpc) is 3.04. The first-order valence-electron chi connectivity index (χ1n) is 8.43. The van der Waals surface area contributed by atoms with E-state index in [-0.39, 0.29) is 5.91 Å². The molecule has 0 N–H and O–H groups in total. The first-order chi connectivity index (χ1) is 11.6. The highest BCUT2D eigenvalue weighted by atomic mass is 35.5. The van der Waals surface area contributed by atoms with Gasteiger partial charge in [0.25, 0.3) is 5.91 Å². The maximum absolute atomic E-state index is 12.5. The molecule has 0 bridgehead atoms. The Bertz CT molecular complexity index is 688. The summed E-state index contributed by atoms with van der Waals surface area (Å²) in [6, 6.07) is 12.0. The fourth-order valence-electron chi connectivity index (χ4n) is 3.33. The molecule has 2 heterocycles. The standard InChI is InChI=1S/C19H23ClN2O2/c1-3-17(15-5-7-16(20)8-6-15)21-10-12-22(13-11-21)19(23)18-9-4-14(2)24-18/h4-9,17H,3,10-13H2,1-2H3. The third-order valence-electron chi connectivity index (χ3n) is 4.63. The normalized spacial score (nSPS) is 17.0. The zero-order valence-corrected chi connectivity index (χ0v) is 14.9. The predicted octanol–water partition coefficient (Wildman–Crippen LogP) is 4.15. The van der Waals surface area contributed by atoms with Crippen LogP contribution >= 0.6 is 11.6 Å². The van der Waals surface area contributed by atoms with Crippen LogP contribution in [0.1, 0.15) is 41.3 Å². The van der Waals surface area contributed by atoms with Crippen LogP contribution in [0.2, 0.25) is 5.02 Å². The van der Waals surface area contributed by atoms with Gasteiger partial charge in [0.15, 0.2) is 5.76 Å². The molecular weight excluding hydrogens is 324 g/mol. The van der Waals surface area contributed by atoms with Crippen molar-refractivity contribution in [2.45, 2.75) is 26.3 Å². The molecule has 1 aromatic heterocycles. The third kappa shape index (κ3) is 3.65. The van der Waals surface area contributed by atoms with Crippen molar-refractivity contribution in [1.29, 1.82) is 0 Å². The second-order valence-corrected chi connectivity index (χ2v) is 6.65. The minimum atomic E-state index is -0.0118. The van der Waals surface area contributed by atoms with E-state index in [1.165, 1.54) is 5.56 Å². The number of furan rings is 1. The number of rotatable bonds is 4. The largest absolute Gasteiger partial charge is 0.456 e. The molecule has 1 aliphatic heterocycles. The van der Waals surface area contributed by atoms with Crippen molar-refractivity contribution >= 4 is 17.5 Å². The number of amides is 1. The number of carbonyl (C=O) groups is 1. The van der Waals surface area contributed by atoms with E-state index in [4.69, 9.17) is 16.0 Å². The van der Waals surface area contributed by atoms with Crippen LogP contribution in [0.15, 0.2) is 40.8 Å². The van der Waals surface area contributed by atoms with Crippen LogP contribution in [0.25, 0.3) is 0 Å². The fourth-order valence-corrected chi connectivity index (χ4v) is 3.46. The number of aryl methyl sites for hydroxylation is 1. The number of benzene rings is 1. The van der Waals surface area contributed by atoms with Gasteiger partial charge in [0.05, 0.1) is 0 Å². The van der Waals surface area contributed by atoms with E-state index in [9.17, 15) is 4.79 Å².